The number of aryl methyl sites for hydroxylation is 1. The summed E-state index contributed by atoms with van der Waals surface area (Å²) in [6, 6.07) is 6.10. The summed E-state index contributed by atoms with van der Waals surface area (Å²) in [5.41, 5.74) is 0.536. The molecular weight excluding hydrogens is 360 g/mol. The average molecular weight is 374 g/mol. The third-order valence-corrected chi connectivity index (χ3v) is 5.46. The lowest BCUT2D eigenvalue weighted by molar-refractivity contribution is 0.234. The zero-order chi connectivity index (χ0) is 18.4. The number of alkyl halides is 3. The van der Waals surface area contributed by atoms with E-state index in [1.807, 2.05) is 0 Å². The fraction of sp³-hybridized carbons (Fsp3) is 0.294. The quantitative estimate of drug-likeness (QED) is 0.717. The van der Waals surface area contributed by atoms with Crippen molar-refractivity contribution in [1.29, 1.82) is 0 Å². The molecule has 1 unspecified atom stereocenters. The van der Waals surface area contributed by atoms with Gasteiger partial charge in [0.05, 0.1) is 4.90 Å². The van der Waals surface area contributed by atoms with Crippen LogP contribution in [-0.4, -0.2) is 14.2 Å². The molecule has 0 fully saturated rings. The van der Waals surface area contributed by atoms with Crippen LogP contribution in [-0.2, 0) is 16.3 Å². The maximum absolute atomic E-state index is 14.2. The third-order valence-electron chi connectivity index (χ3n) is 4.02. The molecule has 0 spiro atoms. The Bertz CT molecular complexity index is 905. The van der Waals surface area contributed by atoms with Crippen molar-refractivity contribution in [3.05, 3.63) is 52.8 Å². The van der Waals surface area contributed by atoms with Gasteiger partial charge in [-0.3, -0.25) is 0 Å². The summed E-state index contributed by atoms with van der Waals surface area (Å²) < 4.78 is 82.5. The summed E-state index contributed by atoms with van der Waals surface area (Å²) in [7, 11) is -4.93. The SMILES string of the molecule is Cc1cc(F)cc(Oc2ccc(S(=O)(=O)C(F)F)c3c2CCC3F)c1. The fourth-order valence-electron chi connectivity index (χ4n) is 2.97. The highest BCUT2D eigenvalue weighted by molar-refractivity contribution is 7.91. The molecule has 8 heteroatoms. The van der Waals surface area contributed by atoms with E-state index in [1.165, 1.54) is 12.1 Å². The zero-order valence-electron chi connectivity index (χ0n) is 13.1. The van der Waals surface area contributed by atoms with Crippen molar-refractivity contribution >= 4 is 9.84 Å². The first-order valence-corrected chi connectivity index (χ1v) is 9.01. The molecule has 0 aromatic heterocycles. The van der Waals surface area contributed by atoms with E-state index in [1.54, 1.807) is 13.0 Å². The van der Waals surface area contributed by atoms with Gasteiger partial charge in [0, 0.05) is 17.2 Å². The molecule has 0 aliphatic heterocycles. The average Bonchev–Trinajstić information content (AvgIpc) is 2.89. The number of hydrogen-bond donors (Lipinski definition) is 0. The standard InChI is InChI=1S/C17H14F4O3S/c1-9-6-10(18)8-11(7-9)24-14-4-5-15(25(22,23)17(20)21)16-12(14)2-3-13(16)19/h4-8,13,17H,2-3H2,1H3. The zero-order valence-corrected chi connectivity index (χ0v) is 13.9. The Morgan fingerprint density at radius 3 is 2.56 bits per heavy atom. The van der Waals surface area contributed by atoms with Gasteiger partial charge in [-0.25, -0.2) is 17.2 Å². The number of hydrogen-bond acceptors (Lipinski definition) is 3. The molecule has 3 rings (SSSR count). The van der Waals surface area contributed by atoms with Gasteiger partial charge >= 0.3 is 5.76 Å². The molecule has 2 aromatic rings. The minimum atomic E-state index is -4.93. The minimum Gasteiger partial charge on any atom is -0.457 e. The number of ether oxygens (including phenoxy) is 1. The first kappa shape index (κ1) is 17.7. The maximum atomic E-state index is 14.2. The molecule has 1 atom stereocenters. The van der Waals surface area contributed by atoms with Gasteiger partial charge in [-0.2, -0.15) is 8.78 Å². The summed E-state index contributed by atoms with van der Waals surface area (Å²) >= 11 is 0. The second-order valence-electron chi connectivity index (χ2n) is 5.83. The van der Waals surface area contributed by atoms with E-state index in [0.717, 1.165) is 12.1 Å². The van der Waals surface area contributed by atoms with Crippen LogP contribution in [0.25, 0.3) is 0 Å². The number of rotatable bonds is 4. The van der Waals surface area contributed by atoms with Gasteiger partial charge < -0.3 is 4.74 Å². The number of fused-ring (bicyclic) bond motifs is 1. The Kier molecular flexibility index (Phi) is 4.49. The van der Waals surface area contributed by atoms with Crippen molar-refractivity contribution in [2.24, 2.45) is 0 Å². The molecule has 0 bridgehead atoms. The molecule has 0 saturated heterocycles. The van der Waals surface area contributed by atoms with Crippen LogP contribution in [0.5, 0.6) is 11.5 Å². The van der Waals surface area contributed by atoms with Crippen LogP contribution in [0.2, 0.25) is 0 Å². The van der Waals surface area contributed by atoms with Gasteiger partial charge in [-0.15, -0.1) is 0 Å². The Morgan fingerprint density at radius 1 is 1.20 bits per heavy atom. The predicted molar refractivity (Wildman–Crippen MR) is 83.0 cm³/mol. The van der Waals surface area contributed by atoms with E-state index in [9.17, 15) is 26.0 Å². The lowest BCUT2D eigenvalue weighted by Gasteiger charge is -2.15. The molecule has 0 saturated carbocycles. The highest BCUT2D eigenvalue weighted by atomic mass is 32.2. The second kappa shape index (κ2) is 6.33. The van der Waals surface area contributed by atoms with Crippen molar-refractivity contribution in [1.82, 2.24) is 0 Å². The highest BCUT2D eigenvalue weighted by Gasteiger charge is 2.37. The molecule has 2 aromatic carbocycles. The van der Waals surface area contributed by atoms with Crippen LogP contribution >= 0.6 is 0 Å². The van der Waals surface area contributed by atoms with Crippen LogP contribution in [0.15, 0.2) is 35.2 Å². The molecule has 0 radical (unpaired) electrons. The van der Waals surface area contributed by atoms with Gasteiger partial charge in [0.25, 0.3) is 0 Å². The Labute approximate surface area is 142 Å². The second-order valence-corrected chi connectivity index (χ2v) is 7.72. The summed E-state index contributed by atoms with van der Waals surface area (Å²) in [6.07, 6.45) is -1.55. The molecule has 0 amide bonds. The van der Waals surface area contributed by atoms with Crippen LogP contribution in [0.3, 0.4) is 0 Å². The van der Waals surface area contributed by atoms with Crippen LogP contribution in [0.4, 0.5) is 17.6 Å². The largest absolute Gasteiger partial charge is 0.457 e. The van der Waals surface area contributed by atoms with E-state index in [2.05, 4.69) is 0 Å². The Morgan fingerprint density at radius 2 is 1.92 bits per heavy atom. The molecule has 1 aliphatic rings. The summed E-state index contributed by atoms with van der Waals surface area (Å²) in [5, 5.41) is 0. The van der Waals surface area contributed by atoms with Crippen LogP contribution < -0.4 is 4.74 Å². The van der Waals surface area contributed by atoms with E-state index < -0.39 is 32.5 Å². The molecule has 134 valence electrons. The van der Waals surface area contributed by atoms with Gasteiger partial charge in [-0.05, 0) is 49.6 Å². The van der Waals surface area contributed by atoms with E-state index >= 15 is 0 Å². The number of halogens is 4. The van der Waals surface area contributed by atoms with Crippen molar-refractivity contribution in [2.45, 2.75) is 36.6 Å². The smallest absolute Gasteiger partial charge is 0.341 e. The highest BCUT2D eigenvalue weighted by Crippen LogP contribution is 2.45. The monoisotopic (exact) mass is 374 g/mol. The summed E-state index contributed by atoms with van der Waals surface area (Å²) in [5.74, 6) is -3.87. The van der Waals surface area contributed by atoms with E-state index in [4.69, 9.17) is 4.74 Å². The topological polar surface area (TPSA) is 43.4 Å². The third kappa shape index (κ3) is 3.22. The first-order valence-electron chi connectivity index (χ1n) is 7.47. The van der Waals surface area contributed by atoms with Gasteiger partial charge in [0.15, 0.2) is 0 Å². The van der Waals surface area contributed by atoms with Crippen molar-refractivity contribution < 1.29 is 30.7 Å². The van der Waals surface area contributed by atoms with E-state index in [-0.39, 0.29) is 35.5 Å². The summed E-state index contributed by atoms with van der Waals surface area (Å²) in [6.45, 7) is 1.66. The van der Waals surface area contributed by atoms with Crippen molar-refractivity contribution in [2.75, 3.05) is 0 Å². The molecule has 0 heterocycles. The fourth-order valence-corrected chi connectivity index (χ4v) is 3.98. The minimum absolute atomic E-state index is 0.0242. The molecule has 1 aliphatic carbocycles. The predicted octanol–water partition coefficient (Wildman–Crippen LogP) is 4.88. The molecule has 0 N–H and O–H groups in total. The first-order chi connectivity index (χ1) is 11.7. The maximum Gasteiger partial charge on any atom is 0.341 e. The molecule has 25 heavy (non-hydrogen) atoms. The number of benzene rings is 2. The molecule has 3 nitrogen and oxygen atoms in total. The normalized spacial score (nSPS) is 17.0. The van der Waals surface area contributed by atoms with Crippen LogP contribution in [0.1, 0.15) is 29.3 Å². The molecular formula is C17H14F4O3S. The Hall–Kier alpha value is -2.09. The van der Waals surface area contributed by atoms with Gasteiger partial charge in [0.2, 0.25) is 9.84 Å². The van der Waals surface area contributed by atoms with Gasteiger partial charge in [0.1, 0.15) is 23.5 Å². The van der Waals surface area contributed by atoms with E-state index in [0.29, 0.717) is 5.56 Å². The summed E-state index contributed by atoms with van der Waals surface area (Å²) in [4.78, 5) is -0.717. The van der Waals surface area contributed by atoms with Crippen LogP contribution in [0, 0.1) is 12.7 Å². The van der Waals surface area contributed by atoms with Gasteiger partial charge in [-0.1, -0.05) is 0 Å². The lowest BCUT2D eigenvalue weighted by atomic mass is 10.1. The lowest BCUT2D eigenvalue weighted by Crippen LogP contribution is -2.14. The Balaban J connectivity index is 2.09. The van der Waals surface area contributed by atoms with Crippen molar-refractivity contribution in [3.63, 3.8) is 0 Å². The van der Waals surface area contributed by atoms with Crippen molar-refractivity contribution in [3.8, 4) is 11.5 Å². The number of sulfone groups is 1.